The highest BCUT2D eigenvalue weighted by Crippen LogP contribution is 2.40. The Morgan fingerprint density at radius 1 is 1.16 bits per heavy atom. The zero-order valence-corrected chi connectivity index (χ0v) is 20.1. The predicted molar refractivity (Wildman–Crippen MR) is 116 cm³/mol. The van der Waals surface area contributed by atoms with E-state index in [1.807, 2.05) is 25.1 Å². The SMILES string of the molecule is Cc1csc(CN2CC3(C2)OCCC3COc2ccccn2)n1.O=C(O)C(F)(F)F.O=C(O)C(F)(F)F. The lowest BCUT2D eigenvalue weighted by molar-refractivity contribution is -0.193. The van der Waals surface area contributed by atoms with Crippen LogP contribution < -0.4 is 4.74 Å². The van der Waals surface area contributed by atoms with Crippen molar-refractivity contribution in [3.63, 3.8) is 0 Å². The molecular formula is C21H23F6N3O6S. The summed E-state index contributed by atoms with van der Waals surface area (Å²) < 4.78 is 75.4. The summed E-state index contributed by atoms with van der Waals surface area (Å²) in [5.74, 6) is -4.37. The van der Waals surface area contributed by atoms with Crippen molar-refractivity contribution < 1.29 is 55.6 Å². The van der Waals surface area contributed by atoms with Gasteiger partial charge in [-0.05, 0) is 19.4 Å². The zero-order chi connectivity index (χ0) is 27.9. The molecule has 206 valence electrons. The Hall–Kier alpha value is -2.98. The molecule has 2 fully saturated rings. The van der Waals surface area contributed by atoms with Crippen LogP contribution in [0.4, 0.5) is 26.3 Å². The number of carboxylic acid groups (broad SMARTS) is 2. The molecule has 2 N–H and O–H groups in total. The first-order chi connectivity index (χ1) is 17.1. The Morgan fingerprint density at radius 3 is 2.22 bits per heavy atom. The Balaban J connectivity index is 0.000000286. The van der Waals surface area contributed by atoms with Gasteiger partial charge >= 0.3 is 24.3 Å². The van der Waals surface area contributed by atoms with E-state index in [0.717, 1.165) is 38.4 Å². The molecular weight excluding hydrogens is 536 g/mol. The van der Waals surface area contributed by atoms with Crippen LogP contribution in [0.5, 0.6) is 5.88 Å². The molecule has 0 bridgehead atoms. The number of pyridine rings is 1. The number of ether oxygens (including phenoxy) is 2. The molecule has 0 amide bonds. The molecule has 4 rings (SSSR count). The van der Waals surface area contributed by atoms with Crippen LogP contribution in [-0.4, -0.2) is 81.3 Å². The Kier molecular flexibility index (Phi) is 10.2. The number of aryl methyl sites for hydroxylation is 1. The molecule has 1 unspecified atom stereocenters. The fraction of sp³-hybridized carbons (Fsp3) is 0.524. The maximum absolute atomic E-state index is 10.6. The summed E-state index contributed by atoms with van der Waals surface area (Å²) in [5, 5.41) is 17.6. The average molecular weight is 559 g/mol. The second-order valence-corrected chi connectivity index (χ2v) is 8.95. The predicted octanol–water partition coefficient (Wildman–Crippen LogP) is 3.78. The summed E-state index contributed by atoms with van der Waals surface area (Å²) in [4.78, 5) is 29.0. The molecule has 2 saturated heterocycles. The fourth-order valence-electron chi connectivity index (χ4n) is 3.48. The Bertz CT molecular complexity index is 1000. The number of hydrogen-bond acceptors (Lipinski definition) is 8. The molecule has 1 atom stereocenters. The van der Waals surface area contributed by atoms with Gasteiger partial charge in [-0.2, -0.15) is 26.3 Å². The van der Waals surface area contributed by atoms with Crippen LogP contribution in [0.1, 0.15) is 17.1 Å². The highest BCUT2D eigenvalue weighted by atomic mass is 32.1. The van der Waals surface area contributed by atoms with E-state index in [-0.39, 0.29) is 5.60 Å². The van der Waals surface area contributed by atoms with Crippen LogP contribution in [0.15, 0.2) is 29.8 Å². The number of halogens is 6. The smallest absolute Gasteiger partial charge is 0.477 e. The third-order valence-corrected chi connectivity index (χ3v) is 6.11. The van der Waals surface area contributed by atoms with Crippen LogP contribution in [-0.2, 0) is 20.9 Å². The van der Waals surface area contributed by atoms with Gasteiger partial charge in [0.05, 0.1) is 18.8 Å². The van der Waals surface area contributed by atoms with E-state index in [4.69, 9.17) is 29.3 Å². The summed E-state index contributed by atoms with van der Waals surface area (Å²) in [5.41, 5.74) is 1.08. The zero-order valence-electron chi connectivity index (χ0n) is 19.3. The monoisotopic (exact) mass is 559 g/mol. The number of thiazole rings is 1. The van der Waals surface area contributed by atoms with Crippen molar-refractivity contribution in [3.05, 3.63) is 40.5 Å². The van der Waals surface area contributed by atoms with E-state index in [9.17, 15) is 26.3 Å². The summed E-state index contributed by atoms with van der Waals surface area (Å²) >= 11 is 1.74. The van der Waals surface area contributed by atoms with Crippen molar-refractivity contribution in [3.8, 4) is 5.88 Å². The maximum atomic E-state index is 10.6. The first kappa shape index (κ1) is 30.2. The number of alkyl halides is 6. The molecule has 16 heteroatoms. The van der Waals surface area contributed by atoms with E-state index < -0.39 is 24.3 Å². The lowest BCUT2D eigenvalue weighted by Crippen LogP contribution is -2.64. The van der Waals surface area contributed by atoms with Crippen LogP contribution in [0, 0.1) is 12.8 Å². The van der Waals surface area contributed by atoms with Crippen LogP contribution in [0.2, 0.25) is 0 Å². The number of aliphatic carboxylic acids is 2. The fourth-order valence-corrected chi connectivity index (χ4v) is 4.29. The van der Waals surface area contributed by atoms with Gasteiger partial charge in [0.15, 0.2) is 0 Å². The van der Waals surface area contributed by atoms with Gasteiger partial charge in [0, 0.05) is 49.0 Å². The van der Waals surface area contributed by atoms with Crippen molar-refractivity contribution in [2.75, 3.05) is 26.3 Å². The van der Waals surface area contributed by atoms with E-state index >= 15 is 0 Å². The molecule has 37 heavy (non-hydrogen) atoms. The highest BCUT2D eigenvalue weighted by Gasteiger charge is 2.53. The minimum Gasteiger partial charge on any atom is -0.477 e. The molecule has 9 nitrogen and oxygen atoms in total. The number of hydrogen-bond donors (Lipinski definition) is 2. The highest BCUT2D eigenvalue weighted by molar-refractivity contribution is 7.09. The topological polar surface area (TPSA) is 122 Å². The molecule has 0 aromatic carbocycles. The van der Waals surface area contributed by atoms with Gasteiger partial charge in [-0.3, -0.25) is 4.90 Å². The van der Waals surface area contributed by atoms with E-state index in [1.165, 1.54) is 5.01 Å². The van der Waals surface area contributed by atoms with Crippen LogP contribution in [0.25, 0.3) is 0 Å². The van der Waals surface area contributed by atoms with Crippen molar-refractivity contribution in [1.29, 1.82) is 0 Å². The van der Waals surface area contributed by atoms with E-state index in [1.54, 1.807) is 17.5 Å². The average Bonchev–Trinajstić information content (AvgIpc) is 3.38. The standard InChI is InChI=1S/C17H21N3O2S.2C2HF3O2/c1-13-10-23-16(19-13)8-20-11-17(12-20)14(5-7-22-17)9-21-15-4-2-3-6-18-15;2*3-2(4,5)1(6)7/h2-4,6,10,14H,5,7-9,11-12H2,1H3;2*(H,6,7). The van der Waals surface area contributed by atoms with Gasteiger partial charge in [0.1, 0.15) is 5.01 Å². The number of nitrogens with zero attached hydrogens (tertiary/aromatic N) is 3. The number of likely N-dealkylation sites (tertiary alicyclic amines) is 1. The quantitative estimate of drug-likeness (QED) is 0.527. The van der Waals surface area contributed by atoms with Gasteiger partial charge in [0.2, 0.25) is 5.88 Å². The summed E-state index contributed by atoms with van der Waals surface area (Å²) in [7, 11) is 0. The molecule has 0 aliphatic carbocycles. The van der Waals surface area contributed by atoms with Gasteiger partial charge in [-0.25, -0.2) is 19.6 Å². The lowest BCUT2D eigenvalue weighted by atomic mass is 9.81. The molecule has 0 saturated carbocycles. The third-order valence-electron chi connectivity index (χ3n) is 5.16. The molecule has 2 aliphatic heterocycles. The van der Waals surface area contributed by atoms with Crippen LogP contribution >= 0.6 is 11.3 Å². The largest absolute Gasteiger partial charge is 0.490 e. The number of rotatable bonds is 5. The third kappa shape index (κ3) is 9.44. The second-order valence-electron chi connectivity index (χ2n) is 8.01. The van der Waals surface area contributed by atoms with Gasteiger partial charge in [-0.15, -0.1) is 11.3 Å². The van der Waals surface area contributed by atoms with Crippen molar-refractivity contribution in [1.82, 2.24) is 14.9 Å². The molecule has 0 radical (unpaired) electrons. The first-order valence-corrected chi connectivity index (χ1v) is 11.4. The Labute approximate surface area is 210 Å². The Morgan fingerprint density at radius 2 is 1.76 bits per heavy atom. The minimum atomic E-state index is -5.08. The number of carbonyl (C=O) groups is 2. The normalized spacial score (nSPS) is 18.6. The number of aromatic nitrogens is 2. The number of carboxylic acids is 2. The summed E-state index contributed by atoms with van der Waals surface area (Å²) in [6.07, 6.45) is -7.34. The minimum absolute atomic E-state index is 0.0267. The van der Waals surface area contributed by atoms with Crippen molar-refractivity contribution >= 4 is 23.3 Å². The summed E-state index contributed by atoms with van der Waals surface area (Å²) in [6.45, 7) is 6.44. The second kappa shape index (κ2) is 12.5. The van der Waals surface area contributed by atoms with Crippen molar-refractivity contribution in [2.24, 2.45) is 5.92 Å². The van der Waals surface area contributed by atoms with E-state index in [0.29, 0.717) is 18.4 Å². The molecule has 2 aromatic heterocycles. The maximum Gasteiger partial charge on any atom is 0.490 e. The summed E-state index contributed by atoms with van der Waals surface area (Å²) in [6, 6.07) is 5.75. The van der Waals surface area contributed by atoms with Gasteiger partial charge in [-0.1, -0.05) is 6.07 Å². The lowest BCUT2D eigenvalue weighted by Gasteiger charge is -2.49. The van der Waals surface area contributed by atoms with Gasteiger partial charge in [0.25, 0.3) is 0 Å². The van der Waals surface area contributed by atoms with Gasteiger partial charge < -0.3 is 19.7 Å². The van der Waals surface area contributed by atoms with E-state index in [2.05, 4.69) is 20.2 Å². The molecule has 1 spiro atoms. The molecule has 4 heterocycles. The van der Waals surface area contributed by atoms with Crippen LogP contribution in [0.3, 0.4) is 0 Å². The molecule has 2 aliphatic rings. The first-order valence-electron chi connectivity index (χ1n) is 10.5. The van der Waals surface area contributed by atoms with Crippen molar-refractivity contribution in [2.45, 2.75) is 37.8 Å². The molecule has 2 aromatic rings.